The van der Waals surface area contributed by atoms with Crippen molar-refractivity contribution in [3.63, 3.8) is 0 Å². The number of aliphatic imine (C=N–C) groups is 1. The van der Waals surface area contributed by atoms with Crippen LogP contribution in [-0.2, 0) is 17.9 Å². The maximum Gasteiger partial charge on any atom is 0.227 e. The maximum atomic E-state index is 11.9. The van der Waals surface area contributed by atoms with Crippen LogP contribution in [-0.4, -0.2) is 36.5 Å². The molecule has 0 radical (unpaired) electrons. The SMILES string of the molecule is CN=C(NCc1ccc(N2CCCC2=O)cc1)NCc1cccnc1OC1CCCC1. The fourth-order valence-electron chi connectivity index (χ4n) is 4.13. The van der Waals surface area contributed by atoms with Crippen LogP contribution in [0, 0.1) is 0 Å². The number of hydrogen-bond acceptors (Lipinski definition) is 4. The second-order valence-corrected chi connectivity index (χ2v) is 8.09. The van der Waals surface area contributed by atoms with Crippen molar-refractivity contribution in [1.29, 1.82) is 0 Å². The third-order valence-electron chi connectivity index (χ3n) is 5.88. The van der Waals surface area contributed by atoms with Gasteiger partial charge in [-0.1, -0.05) is 18.2 Å². The number of carbonyl (C=O) groups is 1. The minimum Gasteiger partial charge on any atom is -0.474 e. The summed E-state index contributed by atoms with van der Waals surface area (Å²) < 4.78 is 6.12. The van der Waals surface area contributed by atoms with E-state index in [-0.39, 0.29) is 12.0 Å². The highest BCUT2D eigenvalue weighted by atomic mass is 16.5. The summed E-state index contributed by atoms with van der Waals surface area (Å²) in [5.74, 6) is 1.64. The van der Waals surface area contributed by atoms with E-state index in [1.165, 1.54) is 12.8 Å². The molecular formula is C24H31N5O2. The van der Waals surface area contributed by atoms with E-state index < -0.39 is 0 Å². The van der Waals surface area contributed by atoms with Crippen LogP contribution in [0.2, 0.25) is 0 Å². The summed E-state index contributed by atoms with van der Waals surface area (Å²) in [4.78, 5) is 22.5. The van der Waals surface area contributed by atoms with E-state index in [2.05, 4.69) is 32.7 Å². The molecule has 31 heavy (non-hydrogen) atoms. The first-order valence-electron chi connectivity index (χ1n) is 11.2. The third-order valence-corrected chi connectivity index (χ3v) is 5.88. The van der Waals surface area contributed by atoms with Gasteiger partial charge in [0.05, 0.1) is 0 Å². The number of guanidine groups is 1. The Hall–Kier alpha value is -3.09. The fraction of sp³-hybridized carbons (Fsp3) is 0.458. The Morgan fingerprint density at radius 1 is 1.13 bits per heavy atom. The molecule has 0 bridgehead atoms. The van der Waals surface area contributed by atoms with Gasteiger partial charge in [0, 0.05) is 50.6 Å². The molecule has 1 saturated heterocycles. The summed E-state index contributed by atoms with van der Waals surface area (Å²) in [5.41, 5.74) is 3.13. The minimum atomic E-state index is 0.210. The van der Waals surface area contributed by atoms with Crippen molar-refractivity contribution >= 4 is 17.6 Å². The van der Waals surface area contributed by atoms with E-state index in [4.69, 9.17) is 4.74 Å². The first-order chi connectivity index (χ1) is 15.2. The summed E-state index contributed by atoms with van der Waals surface area (Å²) >= 11 is 0. The molecule has 2 N–H and O–H groups in total. The number of nitrogens with zero attached hydrogens (tertiary/aromatic N) is 3. The number of hydrogen-bond donors (Lipinski definition) is 2. The van der Waals surface area contributed by atoms with E-state index in [1.807, 2.05) is 29.2 Å². The number of anilines is 1. The summed E-state index contributed by atoms with van der Waals surface area (Å²) in [6.45, 7) is 2.05. The number of rotatable bonds is 7. The van der Waals surface area contributed by atoms with Crippen LogP contribution in [0.25, 0.3) is 0 Å². The Labute approximate surface area is 183 Å². The predicted octanol–water partition coefficient (Wildman–Crippen LogP) is 3.40. The van der Waals surface area contributed by atoms with Gasteiger partial charge in [-0.15, -0.1) is 0 Å². The highest BCUT2D eigenvalue weighted by molar-refractivity contribution is 5.95. The molecule has 2 aliphatic rings. The molecule has 0 atom stereocenters. The normalized spacial score (nSPS) is 17.3. The van der Waals surface area contributed by atoms with Gasteiger partial charge in [-0.05, 0) is 55.9 Å². The molecule has 1 aliphatic carbocycles. The highest BCUT2D eigenvalue weighted by Gasteiger charge is 2.21. The average Bonchev–Trinajstić information content (AvgIpc) is 3.47. The van der Waals surface area contributed by atoms with E-state index in [0.29, 0.717) is 25.4 Å². The number of nitrogens with one attached hydrogen (secondary N) is 2. The topological polar surface area (TPSA) is 78.9 Å². The Bertz CT molecular complexity index is 906. The molecular weight excluding hydrogens is 390 g/mol. The number of pyridine rings is 1. The number of carbonyl (C=O) groups excluding carboxylic acids is 1. The lowest BCUT2D eigenvalue weighted by molar-refractivity contribution is -0.117. The molecule has 4 rings (SSSR count). The lowest BCUT2D eigenvalue weighted by atomic mass is 10.2. The van der Waals surface area contributed by atoms with Crippen molar-refractivity contribution in [1.82, 2.24) is 15.6 Å². The number of aromatic nitrogens is 1. The van der Waals surface area contributed by atoms with Crippen LogP contribution >= 0.6 is 0 Å². The van der Waals surface area contributed by atoms with Crippen LogP contribution in [0.15, 0.2) is 47.6 Å². The zero-order valence-corrected chi connectivity index (χ0v) is 18.1. The number of benzene rings is 1. The Kier molecular flexibility index (Phi) is 7.02. The van der Waals surface area contributed by atoms with E-state index in [9.17, 15) is 4.79 Å². The molecule has 2 fully saturated rings. The molecule has 7 heteroatoms. The van der Waals surface area contributed by atoms with Crippen LogP contribution in [0.3, 0.4) is 0 Å². The first-order valence-corrected chi connectivity index (χ1v) is 11.2. The molecule has 2 heterocycles. The van der Waals surface area contributed by atoms with Crippen molar-refractivity contribution in [2.45, 2.75) is 57.7 Å². The molecule has 1 saturated carbocycles. The predicted molar refractivity (Wildman–Crippen MR) is 122 cm³/mol. The highest BCUT2D eigenvalue weighted by Crippen LogP contribution is 2.25. The Morgan fingerprint density at radius 3 is 2.61 bits per heavy atom. The second-order valence-electron chi connectivity index (χ2n) is 8.09. The quantitative estimate of drug-likeness (QED) is 0.529. The molecule has 7 nitrogen and oxygen atoms in total. The van der Waals surface area contributed by atoms with Gasteiger partial charge in [0.2, 0.25) is 11.8 Å². The van der Waals surface area contributed by atoms with Crippen LogP contribution in [0.5, 0.6) is 5.88 Å². The summed E-state index contributed by atoms with van der Waals surface area (Å²) in [6, 6.07) is 12.1. The van der Waals surface area contributed by atoms with Gasteiger partial charge in [0.1, 0.15) is 6.10 Å². The van der Waals surface area contributed by atoms with Crippen molar-refractivity contribution in [2.24, 2.45) is 4.99 Å². The van der Waals surface area contributed by atoms with Crippen molar-refractivity contribution in [3.05, 3.63) is 53.7 Å². The molecule has 1 aromatic carbocycles. The van der Waals surface area contributed by atoms with E-state index in [1.54, 1.807) is 13.2 Å². The van der Waals surface area contributed by atoms with E-state index in [0.717, 1.165) is 48.6 Å². The van der Waals surface area contributed by atoms with Gasteiger partial charge in [0.15, 0.2) is 5.96 Å². The molecule has 1 amide bonds. The average molecular weight is 422 g/mol. The lowest BCUT2D eigenvalue weighted by Crippen LogP contribution is -2.36. The second kappa shape index (κ2) is 10.3. The smallest absolute Gasteiger partial charge is 0.227 e. The molecule has 164 valence electrons. The standard InChI is InChI=1S/C24H31N5O2/c1-25-24(27-16-18-10-12-20(13-11-18)29-15-5-9-22(29)30)28-17-19-6-4-14-26-23(19)31-21-7-2-3-8-21/h4,6,10-14,21H,2-3,5,7-9,15-17H2,1H3,(H2,25,27,28). The summed E-state index contributed by atoms with van der Waals surface area (Å²) in [5, 5.41) is 6.69. The van der Waals surface area contributed by atoms with Gasteiger partial charge in [-0.2, -0.15) is 0 Å². The summed E-state index contributed by atoms with van der Waals surface area (Å²) in [6.07, 6.45) is 8.33. The zero-order valence-electron chi connectivity index (χ0n) is 18.1. The monoisotopic (exact) mass is 421 g/mol. The van der Waals surface area contributed by atoms with Gasteiger partial charge < -0.3 is 20.3 Å². The largest absolute Gasteiger partial charge is 0.474 e. The molecule has 1 aromatic heterocycles. The van der Waals surface area contributed by atoms with Crippen LogP contribution in [0.4, 0.5) is 5.69 Å². The zero-order chi connectivity index (χ0) is 21.5. The molecule has 0 spiro atoms. The first kappa shape index (κ1) is 21.2. The fourth-order valence-corrected chi connectivity index (χ4v) is 4.13. The van der Waals surface area contributed by atoms with Gasteiger partial charge >= 0.3 is 0 Å². The Balaban J connectivity index is 1.29. The van der Waals surface area contributed by atoms with E-state index >= 15 is 0 Å². The van der Waals surface area contributed by atoms with Crippen LogP contribution in [0.1, 0.15) is 49.7 Å². The van der Waals surface area contributed by atoms with Gasteiger partial charge in [0.25, 0.3) is 0 Å². The minimum absolute atomic E-state index is 0.210. The molecule has 2 aromatic rings. The van der Waals surface area contributed by atoms with Gasteiger partial charge in [-0.25, -0.2) is 4.98 Å². The van der Waals surface area contributed by atoms with Gasteiger partial charge in [-0.3, -0.25) is 9.79 Å². The lowest BCUT2D eigenvalue weighted by Gasteiger charge is -2.17. The third kappa shape index (κ3) is 5.54. The Morgan fingerprint density at radius 2 is 1.90 bits per heavy atom. The summed E-state index contributed by atoms with van der Waals surface area (Å²) in [7, 11) is 1.76. The molecule has 1 aliphatic heterocycles. The van der Waals surface area contributed by atoms with Crippen LogP contribution < -0.4 is 20.3 Å². The number of ether oxygens (including phenoxy) is 1. The molecule has 0 unspecified atom stereocenters. The van der Waals surface area contributed by atoms with Crippen molar-refractivity contribution in [2.75, 3.05) is 18.5 Å². The van der Waals surface area contributed by atoms with Crippen molar-refractivity contribution < 1.29 is 9.53 Å². The number of amides is 1. The van der Waals surface area contributed by atoms with Crippen molar-refractivity contribution in [3.8, 4) is 5.88 Å². The maximum absolute atomic E-state index is 11.9.